The molecule has 0 unspecified atom stereocenters. The Morgan fingerprint density at radius 3 is 2.78 bits per heavy atom. The summed E-state index contributed by atoms with van der Waals surface area (Å²) in [5.74, 6) is 0.415. The van der Waals surface area contributed by atoms with E-state index in [1.165, 1.54) is 0 Å². The Bertz CT molecular complexity index is 455. The van der Waals surface area contributed by atoms with Crippen molar-refractivity contribution in [2.24, 2.45) is 5.73 Å². The Labute approximate surface area is 112 Å². The van der Waals surface area contributed by atoms with Gasteiger partial charge in [-0.25, -0.2) is 9.78 Å². The van der Waals surface area contributed by atoms with Crippen LogP contribution in [0.1, 0.15) is 26.3 Å². The zero-order valence-corrected chi connectivity index (χ0v) is 11.5. The summed E-state index contributed by atoms with van der Waals surface area (Å²) in [6.07, 6.45) is 1.52. The first-order valence-electron chi connectivity index (χ1n) is 5.49. The molecule has 3 N–H and O–H groups in total. The van der Waals surface area contributed by atoms with Gasteiger partial charge in [-0.2, -0.15) is 0 Å². The number of ether oxygens (including phenoxy) is 1. The summed E-state index contributed by atoms with van der Waals surface area (Å²) in [7, 11) is 0. The zero-order chi connectivity index (χ0) is 13.8. The highest BCUT2D eigenvalue weighted by Gasteiger charge is 2.16. The molecule has 1 aromatic rings. The lowest BCUT2D eigenvalue weighted by Gasteiger charge is -2.19. The highest BCUT2D eigenvalue weighted by Crippen LogP contribution is 2.11. The van der Waals surface area contributed by atoms with Gasteiger partial charge in [-0.05, 0) is 38.5 Å². The fourth-order valence-electron chi connectivity index (χ4n) is 1.26. The fourth-order valence-corrected chi connectivity index (χ4v) is 1.43. The molecule has 1 amide bonds. The Hall–Kier alpha value is -1.69. The van der Waals surface area contributed by atoms with E-state index in [-0.39, 0.29) is 0 Å². The predicted molar refractivity (Wildman–Crippen MR) is 74.6 cm³/mol. The van der Waals surface area contributed by atoms with Gasteiger partial charge >= 0.3 is 6.09 Å². The summed E-state index contributed by atoms with van der Waals surface area (Å²) >= 11 is 4.83. The smallest absolute Gasteiger partial charge is 0.413 e. The molecule has 0 radical (unpaired) electrons. The molecule has 0 fully saturated rings. The lowest BCUT2D eigenvalue weighted by Crippen LogP contribution is -2.27. The monoisotopic (exact) mass is 267 g/mol. The van der Waals surface area contributed by atoms with Gasteiger partial charge in [-0.1, -0.05) is 12.2 Å². The molecule has 0 atom stereocenters. The third kappa shape index (κ3) is 5.58. The van der Waals surface area contributed by atoms with E-state index >= 15 is 0 Å². The van der Waals surface area contributed by atoms with Crippen molar-refractivity contribution in [2.75, 3.05) is 5.32 Å². The van der Waals surface area contributed by atoms with Crippen LogP contribution in [0.15, 0.2) is 18.3 Å². The molecule has 5 nitrogen and oxygen atoms in total. The number of nitrogens with two attached hydrogens (primary N) is 1. The van der Waals surface area contributed by atoms with Crippen LogP contribution in [0.3, 0.4) is 0 Å². The molecule has 0 spiro atoms. The van der Waals surface area contributed by atoms with Crippen LogP contribution in [-0.2, 0) is 11.2 Å². The third-order valence-electron chi connectivity index (χ3n) is 1.83. The molecule has 1 aromatic heterocycles. The maximum absolute atomic E-state index is 11.5. The normalized spacial score (nSPS) is 10.8. The summed E-state index contributed by atoms with van der Waals surface area (Å²) in [5.41, 5.74) is 5.81. The van der Waals surface area contributed by atoms with Crippen molar-refractivity contribution in [2.45, 2.75) is 32.8 Å². The zero-order valence-electron chi connectivity index (χ0n) is 10.7. The van der Waals surface area contributed by atoms with E-state index in [9.17, 15) is 4.79 Å². The van der Waals surface area contributed by atoms with E-state index in [2.05, 4.69) is 10.3 Å². The van der Waals surface area contributed by atoms with Crippen LogP contribution in [0.2, 0.25) is 0 Å². The summed E-state index contributed by atoms with van der Waals surface area (Å²) in [6.45, 7) is 5.38. The number of hydrogen-bond donors (Lipinski definition) is 2. The van der Waals surface area contributed by atoms with E-state index < -0.39 is 11.7 Å². The number of hydrogen-bond acceptors (Lipinski definition) is 4. The molecule has 6 heteroatoms. The minimum atomic E-state index is -0.541. The van der Waals surface area contributed by atoms with Crippen molar-refractivity contribution in [3.8, 4) is 0 Å². The Morgan fingerprint density at radius 1 is 1.56 bits per heavy atom. The molecule has 0 aliphatic carbocycles. The highest BCUT2D eigenvalue weighted by molar-refractivity contribution is 7.80. The van der Waals surface area contributed by atoms with Crippen molar-refractivity contribution in [3.05, 3.63) is 23.9 Å². The van der Waals surface area contributed by atoms with E-state index in [1.807, 2.05) is 0 Å². The molecular formula is C12H17N3O2S. The SMILES string of the molecule is CC(C)(C)OC(=O)Nc1cc(CC(N)=S)ccn1. The van der Waals surface area contributed by atoms with Gasteiger partial charge in [0, 0.05) is 12.6 Å². The van der Waals surface area contributed by atoms with E-state index in [1.54, 1.807) is 39.1 Å². The second-order valence-corrected chi connectivity index (χ2v) is 5.34. The molecule has 1 heterocycles. The first kappa shape index (κ1) is 14.4. The fraction of sp³-hybridized carbons (Fsp3) is 0.417. The summed E-state index contributed by atoms with van der Waals surface area (Å²) in [5, 5.41) is 2.56. The number of thiocarbonyl (C=S) groups is 1. The van der Waals surface area contributed by atoms with Gasteiger partial charge in [0.15, 0.2) is 0 Å². The Kier molecular flexibility index (Phi) is 4.61. The molecule has 18 heavy (non-hydrogen) atoms. The topological polar surface area (TPSA) is 77.2 Å². The summed E-state index contributed by atoms with van der Waals surface area (Å²) < 4.78 is 5.12. The number of carbonyl (C=O) groups excluding carboxylic acids is 1. The predicted octanol–water partition coefficient (Wildman–Crippen LogP) is 2.26. The largest absolute Gasteiger partial charge is 0.444 e. The molecule has 0 aliphatic rings. The van der Waals surface area contributed by atoms with Crippen LogP contribution in [-0.4, -0.2) is 21.7 Å². The number of pyridine rings is 1. The minimum Gasteiger partial charge on any atom is -0.444 e. The maximum Gasteiger partial charge on any atom is 0.413 e. The van der Waals surface area contributed by atoms with Crippen LogP contribution in [0.4, 0.5) is 10.6 Å². The highest BCUT2D eigenvalue weighted by atomic mass is 32.1. The van der Waals surface area contributed by atoms with Crippen molar-refractivity contribution < 1.29 is 9.53 Å². The number of aromatic nitrogens is 1. The molecule has 0 aliphatic heterocycles. The van der Waals surface area contributed by atoms with Gasteiger partial charge < -0.3 is 10.5 Å². The minimum absolute atomic E-state index is 0.393. The average molecular weight is 267 g/mol. The van der Waals surface area contributed by atoms with Crippen LogP contribution < -0.4 is 11.1 Å². The van der Waals surface area contributed by atoms with Crippen LogP contribution >= 0.6 is 12.2 Å². The van der Waals surface area contributed by atoms with E-state index in [0.29, 0.717) is 17.2 Å². The molecule has 0 saturated carbocycles. The van der Waals surface area contributed by atoms with Gasteiger partial charge in [0.05, 0.1) is 4.99 Å². The molecular weight excluding hydrogens is 250 g/mol. The lowest BCUT2D eigenvalue weighted by atomic mass is 10.2. The number of amides is 1. The first-order chi connectivity index (χ1) is 8.26. The summed E-state index contributed by atoms with van der Waals surface area (Å²) in [4.78, 5) is 16.0. The van der Waals surface area contributed by atoms with Crippen molar-refractivity contribution in [1.29, 1.82) is 0 Å². The number of anilines is 1. The molecule has 0 saturated heterocycles. The van der Waals surface area contributed by atoms with Gasteiger partial charge in [0.1, 0.15) is 11.4 Å². The standard InChI is InChI=1S/C12H17N3O2S/c1-12(2,3)17-11(16)15-10-7-8(4-5-14-10)6-9(13)18/h4-5,7H,6H2,1-3H3,(H2,13,18)(H,14,15,16). The van der Waals surface area contributed by atoms with Gasteiger partial charge in [0.25, 0.3) is 0 Å². The first-order valence-corrected chi connectivity index (χ1v) is 5.90. The third-order valence-corrected chi connectivity index (χ3v) is 1.98. The van der Waals surface area contributed by atoms with Gasteiger partial charge in [0.2, 0.25) is 0 Å². The average Bonchev–Trinajstić information content (AvgIpc) is 2.13. The maximum atomic E-state index is 11.5. The van der Waals surface area contributed by atoms with Crippen LogP contribution in [0.5, 0.6) is 0 Å². The second-order valence-electron chi connectivity index (χ2n) is 4.82. The molecule has 0 bridgehead atoms. The van der Waals surface area contributed by atoms with E-state index in [4.69, 9.17) is 22.7 Å². The molecule has 0 aromatic carbocycles. The lowest BCUT2D eigenvalue weighted by molar-refractivity contribution is 0.0635. The van der Waals surface area contributed by atoms with E-state index in [0.717, 1.165) is 5.56 Å². The van der Waals surface area contributed by atoms with Gasteiger partial charge in [-0.3, -0.25) is 5.32 Å². The number of nitrogens with one attached hydrogen (secondary N) is 1. The van der Waals surface area contributed by atoms with Crippen LogP contribution in [0.25, 0.3) is 0 Å². The number of nitrogens with zero attached hydrogens (tertiary/aromatic N) is 1. The number of carbonyl (C=O) groups is 1. The van der Waals surface area contributed by atoms with Crippen molar-refractivity contribution >= 4 is 29.1 Å². The second kappa shape index (κ2) is 5.77. The number of rotatable bonds is 3. The quantitative estimate of drug-likeness (QED) is 0.821. The van der Waals surface area contributed by atoms with Crippen molar-refractivity contribution in [3.63, 3.8) is 0 Å². The Balaban J connectivity index is 2.67. The molecule has 1 rings (SSSR count). The van der Waals surface area contributed by atoms with Gasteiger partial charge in [-0.15, -0.1) is 0 Å². The van der Waals surface area contributed by atoms with Crippen molar-refractivity contribution in [1.82, 2.24) is 4.98 Å². The Morgan fingerprint density at radius 2 is 2.22 bits per heavy atom. The van der Waals surface area contributed by atoms with Crippen LogP contribution in [0, 0.1) is 0 Å². The molecule has 98 valence electrons. The summed E-state index contributed by atoms with van der Waals surface area (Å²) in [6, 6.07) is 3.50.